The molecule has 1 aromatic heterocycles. The molecule has 1 saturated heterocycles. The molecule has 2 heterocycles. The van der Waals surface area contributed by atoms with Crippen LogP contribution in [0.3, 0.4) is 0 Å². The molecule has 0 bridgehead atoms. The molecule has 128 valence electrons. The van der Waals surface area contributed by atoms with Gasteiger partial charge in [-0.05, 0) is 26.7 Å². The van der Waals surface area contributed by atoms with Crippen molar-refractivity contribution in [3.8, 4) is 0 Å². The second kappa shape index (κ2) is 9.24. The summed E-state index contributed by atoms with van der Waals surface area (Å²) >= 11 is 2.84. The van der Waals surface area contributed by atoms with Crippen LogP contribution >= 0.6 is 23.1 Å². The molecule has 0 aromatic carbocycles. The molecule has 2 rings (SSSR count). The standard InChI is InChI=1S/C15H22N2O4S2/c1-3-20-13(18)7-11-9-22-15(17-11)23-10(2)14(19)16-8-12-5-4-6-21-12/h9-10,12H,3-8H2,1-2H3,(H,16,19)/t10-,12+/m0/s1. The van der Waals surface area contributed by atoms with Crippen LogP contribution in [0, 0.1) is 0 Å². The Labute approximate surface area is 144 Å². The Morgan fingerprint density at radius 2 is 2.43 bits per heavy atom. The molecule has 6 nitrogen and oxygen atoms in total. The van der Waals surface area contributed by atoms with Crippen LogP contribution in [0.5, 0.6) is 0 Å². The van der Waals surface area contributed by atoms with Crippen LogP contribution in [0.1, 0.15) is 32.4 Å². The topological polar surface area (TPSA) is 77.5 Å². The summed E-state index contributed by atoms with van der Waals surface area (Å²) in [5.41, 5.74) is 0.683. The third-order valence-corrected chi connectivity index (χ3v) is 5.46. The highest BCUT2D eigenvalue weighted by Crippen LogP contribution is 2.27. The SMILES string of the molecule is CCOC(=O)Cc1csc(S[C@@H](C)C(=O)NC[C@H]2CCCO2)n1. The number of hydrogen-bond acceptors (Lipinski definition) is 7. The predicted octanol–water partition coefficient (Wildman–Crippen LogP) is 2.02. The van der Waals surface area contributed by atoms with Gasteiger partial charge in [-0.2, -0.15) is 0 Å². The molecule has 0 aliphatic carbocycles. The van der Waals surface area contributed by atoms with E-state index in [1.165, 1.54) is 23.1 Å². The van der Waals surface area contributed by atoms with E-state index in [4.69, 9.17) is 9.47 Å². The number of nitrogens with one attached hydrogen (secondary N) is 1. The molecule has 1 fully saturated rings. The number of aromatic nitrogens is 1. The normalized spacial score (nSPS) is 18.6. The average molecular weight is 358 g/mol. The van der Waals surface area contributed by atoms with Crippen molar-refractivity contribution < 1.29 is 19.1 Å². The summed E-state index contributed by atoms with van der Waals surface area (Å²) in [6.07, 6.45) is 2.38. The molecule has 0 radical (unpaired) electrons. The van der Waals surface area contributed by atoms with E-state index in [0.29, 0.717) is 18.8 Å². The van der Waals surface area contributed by atoms with Gasteiger partial charge < -0.3 is 14.8 Å². The molecule has 23 heavy (non-hydrogen) atoms. The molecular weight excluding hydrogens is 336 g/mol. The number of hydrogen-bond donors (Lipinski definition) is 1. The minimum Gasteiger partial charge on any atom is -0.466 e. The number of carbonyl (C=O) groups is 2. The highest BCUT2D eigenvalue weighted by molar-refractivity contribution is 8.02. The van der Waals surface area contributed by atoms with Crippen molar-refractivity contribution in [1.29, 1.82) is 0 Å². The summed E-state index contributed by atoms with van der Waals surface area (Å²) in [5.74, 6) is -0.302. The molecule has 0 spiro atoms. The van der Waals surface area contributed by atoms with Crippen LogP contribution in [-0.4, -0.2) is 48.0 Å². The minimum atomic E-state index is -0.281. The number of rotatable bonds is 8. The van der Waals surface area contributed by atoms with Crippen LogP contribution in [-0.2, 0) is 25.5 Å². The number of carbonyl (C=O) groups excluding carboxylic acids is 2. The number of nitrogens with zero attached hydrogens (tertiary/aromatic N) is 1. The third kappa shape index (κ3) is 6.12. The van der Waals surface area contributed by atoms with Crippen molar-refractivity contribution >= 4 is 35.0 Å². The van der Waals surface area contributed by atoms with Gasteiger partial charge in [-0.15, -0.1) is 11.3 Å². The van der Waals surface area contributed by atoms with Crippen LogP contribution < -0.4 is 5.32 Å². The molecule has 1 amide bonds. The summed E-state index contributed by atoms with van der Waals surface area (Å²) < 4.78 is 11.2. The lowest BCUT2D eigenvalue weighted by molar-refractivity contribution is -0.142. The maximum absolute atomic E-state index is 12.1. The van der Waals surface area contributed by atoms with Gasteiger partial charge in [-0.25, -0.2) is 4.98 Å². The number of esters is 1. The van der Waals surface area contributed by atoms with Gasteiger partial charge in [0.05, 0.1) is 30.1 Å². The van der Waals surface area contributed by atoms with Gasteiger partial charge in [0, 0.05) is 18.5 Å². The second-order valence-electron chi connectivity index (χ2n) is 5.23. The van der Waals surface area contributed by atoms with Gasteiger partial charge in [0.15, 0.2) is 4.34 Å². The Morgan fingerprint density at radius 1 is 1.61 bits per heavy atom. The van der Waals surface area contributed by atoms with Crippen molar-refractivity contribution in [3.63, 3.8) is 0 Å². The maximum Gasteiger partial charge on any atom is 0.311 e. The minimum absolute atomic E-state index is 0.0207. The number of amides is 1. The summed E-state index contributed by atoms with van der Waals surface area (Å²) in [5, 5.41) is 4.51. The molecule has 2 atom stereocenters. The molecule has 1 aromatic rings. The Balaban J connectivity index is 1.75. The van der Waals surface area contributed by atoms with Gasteiger partial charge >= 0.3 is 5.97 Å². The Kier molecular flexibility index (Phi) is 7.32. The fourth-order valence-corrected chi connectivity index (χ4v) is 4.16. The van der Waals surface area contributed by atoms with Gasteiger partial charge in [-0.1, -0.05) is 11.8 Å². The van der Waals surface area contributed by atoms with E-state index in [2.05, 4.69) is 10.3 Å². The van der Waals surface area contributed by atoms with Crippen LogP contribution in [0.2, 0.25) is 0 Å². The van der Waals surface area contributed by atoms with Crippen LogP contribution in [0.25, 0.3) is 0 Å². The Bertz CT molecular complexity index is 529. The van der Waals surface area contributed by atoms with E-state index in [1.54, 1.807) is 6.92 Å². The van der Waals surface area contributed by atoms with Crippen LogP contribution in [0.15, 0.2) is 9.72 Å². The Morgan fingerprint density at radius 3 is 3.13 bits per heavy atom. The fraction of sp³-hybridized carbons (Fsp3) is 0.667. The first kappa shape index (κ1) is 18.2. The predicted molar refractivity (Wildman–Crippen MR) is 89.8 cm³/mol. The van der Waals surface area contributed by atoms with E-state index in [9.17, 15) is 9.59 Å². The van der Waals surface area contributed by atoms with Crippen molar-refractivity contribution in [3.05, 3.63) is 11.1 Å². The first-order chi connectivity index (χ1) is 11.1. The zero-order valence-corrected chi connectivity index (χ0v) is 15.0. The van der Waals surface area contributed by atoms with Gasteiger partial charge in [0.25, 0.3) is 0 Å². The summed E-state index contributed by atoms with van der Waals surface area (Å²) in [4.78, 5) is 27.9. The zero-order valence-electron chi connectivity index (χ0n) is 13.4. The second-order valence-corrected chi connectivity index (χ2v) is 7.67. The van der Waals surface area contributed by atoms with Crippen molar-refractivity contribution in [2.24, 2.45) is 0 Å². The average Bonchev–Trinajstić information content (AvgIpc) is 3.17. The maximum atomic E-state index is 12.1. The quantitative estimate of drug-likeness (QED) is 0.566. The van der Waals surface area contributed by atoms with Gasteiger partial charge in [0.1, 0.15) is 0 Å². The van der Waals surface area contributed by atoms with Crippen molar-refractivity contribution in [2.75, 3.05) is 19.8 Å². The molecule has 1 aliphatic rings. The van der Waals surface area contributed by atoms with E-state index >= 15 is 0 Å². The van der Waals surface area contributed by atoms with Crippen LogP contribution in [0.4, 0.5) is 0 Å². The molecule has 8 heteroatoms. The van der Waals surface area contributed by atoms with E-state index in [-0.39, 0.29) is 29.7 Å². The smallest absolute Gasteiger partial charge is 0.311 e. The van der Waals surface area contributed by atoms with Gasteiger partial charge in [-0.3, -0.25) is 9.59 Å². The molecule has 1 N–H and O–H groups in total. The van der Waals surface area contributed by atoms with E-state index < -0.39 is 0 Å². The summed E-state index contributed by atoms with van der Waals surface area (Å²) in [6, 6.07) is 0. The molecule has 1 aliphatic heterocycles. The van der Waals surface area contributed by atoms with Gasteiger partial charge in [0.2, 0.25) is 5.91 Å². The molecule has 0 saturated carbocycles. The van der Waals surface area contributed by atoms with Crippen molar-refractivity contribution in [2.45, 2.75) is 48.8 Å². The Hall–Kier alpha value is -1.12. The highest BCUT2D eigenvalue weighted by Gasteiger charge is 2.20. The first-order valence-electron chi connectivity index (χ1n) is 7.74. The summed E-state index contributed by atoms with van der Waals surface area (Å²) in [6.45, 7) is 5.34. The first-order valence-corrected chi connectivity index (χ1v) is 9.50. The lowest BCUT2D eigenvalue weighted by Gasteiger charge is -2.13. The number of thiazole rings is 1. The largest absolute Gasteiger partial charge is 0.466 e. The number of thioether (sulfide) groups is 1. The van der Waals surface area contributed by atoms with E-state index in [0.717, 1.165) is 23.8 Å². The zero-order chi connectivity index (χ0) is 16.7. The van der Waals surface area contributed by atoms with Crippen molar-refractivity contribution in [1.82, 2.24) is 10.3 Å². The fourth-order valence-electron chi connectivity index (χ4n) is 2.15. The third-order valence-electron chi connectivity index (χ3n) is 3.34. The van der Waals surface area contributed by atoms with E-state index in [1.807, 2.05) is 12.3 Å². The monoisotopic (exact) mass is 358 g/mol. The molecule has 0 unspecified atom stereocenters. The number of ether oxygens (including phenoxy) is 2. The molecular formula is C15H22N2O4S2. The lowest BCUT2D eigenvalue weighted by Crippen LogP contribution is -2.36. The summed E-state index contributed by atoms with van der Waals surface area (Å²) in [7, 11) is 0. The highest BCUT2D eigenvalue weighted by atomic mass is 32.2. The lowest BCUT2D eigenvalue weighted by atomic mass is 10.2.